The third-order valence-corrected chi connectivity index (χ3v) is 3.93. The van der Waals surface area contributed by atoms with Gasteiger partial charge in [0.25, 0.3) is 0 Å². The summed E-state index contributed by atoms with van der Waals surface area (Å²) in [6.45, 7) is 7.92. The third kappa shape index (κ3) is 2.71. The van der Waals surface area contributed by atoms with Crippen molar-refractivity contribution in [3.8, 4) is 0 Å². The highest BCUT2D eigenvalue weighted by Gasteiger charge is 2.41. The molecule has 15 heavy (non-hydrogen) atoms. The fraction of sp³-hybridized carbons (Fsp3) is 1.00. The first-order valence-corrected chi connectivity index (χ1v) is 6.42. The minimum Gasteiger partial charge on any atom is -0.393 e. The summed E-state index contributed by atoms with van der Waals surface area (Å²) < 4.78 is 0. The van der Waals surface area contributed by atoms with Crippen molar-refractivity contribution in [2.75, 3.05) is 32.7 Å². The normalized spacial score (nSPS) is 36.0. The van der Waals surface area contributed by atoms with Crippen molar-refractivity contribution in [3.05, 3.63) is 0 Å². The van der Waals surface area contributed by atoms with E-state index >= 15 is 0 Å². The van der Waals surface area contributed by atoms with Crippen molar-refractivity contribution in [1.82, 2.24) is 10.2 Å². The monoisotopic (exact) mass is 212 g/mol. The first-order chi connectivity index (χ1) is 7.31. The second-order valence-electron chi connectivity index (χ2n) is 5.08. The van der Waals surface area contributed by atoms with E-state index in [1.807, 2.05) is 0 Å². The molecular formula is C12H24N2O. The zero-order valence-corrected chi connectivity index (χ0v) is 9.78. The fourth-order valence-electron chi connectivity index (χ4n) is 3.05. The average molecular weight is 212 g/mol. The Hall–Kier alpha value is -0.120. The van der Waals surface area contributed by atoms with Gasteiger partial charge in [-0.25, -0.2) is 0 Å². The Morgan fingerprint density at radius 3 is 2.87 bits per heavy atom. The number of rotatable bonds is 5. The molecule has 3 heteroatoms. The average Bonchev–Trinajstić information content (AvgIpc) is 2.76. The Labute approximate surface area is 92.8 Å². The van der Waals surface area contributed by atoms with Crippen LogP contribution >= 0.6 is 0 Å². The number of hydrogen-bond acceptors (Lipinski definition) is 3. The zero-order valence-electron chi connectivity index (χ0n) is 9.78. The molecule has 3 unspecified atom stereocenters. The molecule has 0 aromatic heterocycles. The summed E-state index contributed by atoms with van der Waals surface area (Å²) in [5.74, 6) is 1.36. The van der Waals surface area contributed by atoms with Crippen LogP contribution in [0.5, 0.6) is 0 Å². The molecule has 1 saturated carbocycles. The Morgan fingerprint density at radius 2 is 2.13 bits per heavy atom. The van der Waals surface area contributed by atoms with Crippen molar-refractivity contribution < 1.29 is 5.11 Å². The van der Waals surface area contributed by atoms with Gasteiger partial charge in [-0.15, -0.1) is 0 Å². The van der Waals surface area contributed by atoms with Crippen molar-refractivity contribution in [3.63, 3.8) is 0 Å². The molecule has 1 heterocycles. The molecule has 1 aliphatic heterocycles. The van der Waals surface area contributed by atoms with Gasteiger partial charge in [0.2, 0.25) is 0 Å². The molecule has 2 fully saturated rings. The standard InChI is InChI=1S/C12H24N2O/c1-2-5-13-6-7-14-8-10-3-4-12(15)11(10)9-14/h10-13,15H,2-9H2,1H3. The first kappa shape index (κ1) is 11.4. The molecular weight excluding hydrogens is 188 g/mol. The van der Waals surface area contributed by atoms with Gasteiger partial charge in [-0.2, -0.15) is 0 Å². The number of likely N-dealkylation sites (tertiary alicyclic amines) is 1. The van der Waals surface area contributed by atoms with Crippen LogP contribution in [0, 0.1) is 11.8 Å². The quantitative estimate of drug-likeness (QED) is 0.658. The maximum absolute atomic E-state index is 9.78. The summed E-state index contributed by atoms with van der Waals surface area (Å²) >= 11 is 0. The van der Waals surface area contributed by atoms with Gasteiger partial charge in [-0.3, -0.25) is 0 Å². The van der Waals surface area contributed by atoms with Crippen LogP contribution in [-0.2, 0) is 0 Å². The van der Waals surface area contributed by atoms with Crippen molar-refractivity contribution >= 4 is 0 Å². The topological polar surface area (TPSA) is 35.5 Å². The van der Waals surface area contributed by atoms with E-state index in [4.69, 9.17) is 0 Å². The van der Waals surface area contributed by atoms with E-state index in [0.29, 0.717) is 5.92 Å². The van der Waals surface area contributed by atoms with Crippen LogP contribution in [0.1, 0.15) is 26.2 Å². The van der Waals surface area contributed by atoms with E-state index < -0.39 is 0 Å². The van der Waals surface area contributed by atoms with Gasteiger partial charge in [0.05, 0.1) is 6.10 Å². The molecule has 0 amide bonds. The van der Waals surface area contributed by atoms with E-state index in [9.17, 15) is 5.11 Å². The SMILES string of the molecule is CCCNCCN1CC2CCC(O)C2C1. The summed E-state index contributed by atoms with van der Waals surface area (Å²) in [5, 5.41) is 13.2. The summed E-state index contributed by atoms with van der Waals surface area (Å²) in [7, 11) is 0. The van der Waals surface area contributed by atoms with Crippen LogP contribution in [0.15, 0.2) is 0 Å². The molecule has 0 aromatic rings. The van der Waals surface area contributed by atoms with Gasteiger partial charge in [0.15, 0.2) is 0 Å². The molecule has 1 aliphatic carbocycles. The summed E-state index contributed by atoms with van der Waals surface area (Å²) in [4.78, 5) is 2.51. The molecule has 0 bridgehead atoms. The van der Waals surface area contributed by atoms with Crippen molar-refractivity contribution in [2.45, 2.75) is 32.3 Å². The van der Waals surface area contributed by atoms with Gasteiger partial charge in [0.1, 0.15) is 0 Å². The molecule has 3 nitrogen and oxygen atoms in total. The molecule has 2 rings (SSSR count). The number of hydrogen-bond donors (Lipinski definition) is 2. The Bertz CT molecular complexity index is 198. The second kappa shape index (κ2) is 5.28. The molecule has 88 valence electrons. The van der Waals surface area contributed by atoms with Crippen LogP contribution in [0.25, 0.3) is 0 Å². The lowest BCUT2D eigenvalue weighted by Gasteiger charge is -2.17. The lowest BCUT2D eigenvalue weighted by Crippen LogP contribution is -2.32. The van der Waals surface area contributed by atoms with Gasteiger partial charge in [0, 0.05) is 32.1 Å². The van der Waals surface area contributed by atoms with Crippen LogP contribution in [-0.4, -0.2) is 48.8 Å². The van der Waals surface area contributed by atoms with Crippen LogP contribution < -0.4 is 5.32 Å². The minimum absolute atomic E-state index is 0.0106. The summed E-state index contributed by atoms with van der Waals surface area (Å²) in [6, 6.07) is 0. The van der Waals surface area contributed by atoms with E-state index in [1.165, 1.54) is 19.4 Å². The van der Waals surface area contributed by atoms with Crippen LogP contribution in [0.3, 0.4) is 0 Å². The smallest absolute Gasteiger partial charge is 0.0583 e. The predicted molar refractivity (Wildman–Crippen MR) is 61.8 cm³/mol. The van der Waals surface area contributed by atoms with E-state index in [2.05, 4.69) is 17.1 Å². The molecule has 1 saturated heterocycles. The third-order valence-electron chi connectivity index (χ3n) is 3.93. The highest BCUT2D eigenvalue weighted by Crippen LogP contribution is 2.37. The molecule has 3 atom stereocenters. The predicted octanol–water partition coefficient (Wildman–Crippen LogP) is 0.689. The minimum atomic E-state index is -0.0106. The Morgan fingerprint density at radius 1 is 1.27 bits per heavy atom. The molecule has 2 aliphatic rings. The van der Waals surface area contributed by atoms with Crippen LogP contribution in [0.4, 0.5) is 0 Å². The molecule has 2 N–H and O–H groups in total. The van der Waals surface area contributed by atoms with Gasteiger partial charge in [-0.05, 0) is 31.7 Å². The Balaban J connectivity index is 1.65. The molecule has 0 radical (unpaired) electrons. The maximum Gasteiger partial charge on any atom is 0.0583 e. The number of fused-ring (bicyclic) bond motifs is 1. The number of aliphatic hydroxyl groups is 1. The fourth-order valence-corrected chi connectivity index (χ4v) is 3.05. The van der Waals surface area contributed by atoms with Crippen molar-refractivity contribution in [1.29, 1.82) is 0 Å². The number of aliphatic hydroxyl groups excluding tert-OH is 1. The second-order valence-corrected chi connectivity index (χ2v) is 5.08. The summed E-state index contributed by atoms with van der Waals surface area (Å²) in [6.07, 6.45) is 3.48. The largest absolute Gasteiger partial charge is 0.393 e. The lowest BCUT2D eigenvalue weighted by atomic mass is 10.00. The van der Waals surface area contributed by atoms with E-state index in [1.54, 1.807) is 0 Å². The van der Waals surface area contributed by atoms with Gasteiger partial charge in [-0.1, -0.05) is 6.92 Å². The van der Waals surface area contributed by atoms with Gasteiger partial charge >= 0.3 is 0 Å². The van der Waals surface area contributed by atoms with Crippen LogP contribution in [0.2, 0.25) is 0 Å². The number of nitrogens with one attached hydrogen (secondary N) is 1. The molecule has 0 spiro atoms. The zero-order chi connectivity index (χ0) is 10.7. The Kier molecular flexibility index (Phi) is 4.00. The van der Waals surface area contributed by atoms with E-state index in [-0.39, 0.29) is 6.10 Å². The number of nitrogens with zero attached hydrogens (tertiary/aromatic N) is 1. The summed E-state index contributed by atoms with van der Waals surface area (Å²) in [5.41, 5.74) is 0. The highest BCUT2D eigenvalue weighted by atomic mass is 16.3. The molecule has 0 aromatic carbocycles. The van der Waals surface area contributed by atoms with Crippen molar-refractivity contribution in [2.24, 2.45) is 11.8 Å². The van der Waals surface area contributed by atoms with Gasteiger partial charge < -0.3 is 15.3 Å². The van der Waals surface area contributed by atoms with E-state index in [0.717, 1.165) is 38.5 Å². The highest BCUT2D eigenvalue weighted by molar-refractivity contribution is 4.93. The lowest BCUT2D eigenvalue weighted by molar-refractivity contribution is 0.124. The maximum atomic E-state index is 9.78. The first-order valence-electron chi connectivity index (χ1n) is 6.42.